The van der Waals surface area contributed by atoms with Crippen molar-refractivity contribution in [2.75, 3.05) is 6.54 Å². The molecule has 2 aromatic carbocycles. The van der Waals surface area contributed by atoms with Crippen molar-refractivity contribution in [3.8, 4) is 0 Å². The molecule has 23 heavy (non-hydrogen) atoms. The second-order valence-corrected chi connectivity index (χ2v) is 6.31. The molecule has 1 amide bonds. The Labute approximate surface area is 147 Å². The lowest BCUT2D eigenvalue weighted by molar-refractivity contribution is 0.0949. The molecule has 5 heteroatoms. The molecule has 2 aromatic rings. The van der Waals surface area contributed by atoms with Crippen LogP contribution in [-0.4, -0.2) is 12.5 Å². The van der Waals surface area contributed by atoms with E-state index in [9.17, 15) is 4.79 Å². The highest BCUT2D eigenvalue weighted by atomic mass is 35.5. The summed E-state index contributed by atoms with van der Waals surface area (Å²) in [5.41, 5.74) is 8.59. The summed E-state index contributed by atoms with van der Waals surface area (Å²) in [6.45, 7) is 1.15. The molecule has 3 N–H and O–H groups in total. The van der Waals surface area contributed by atoms with Gasteiger partial charge in [-0.15, -0.1) is 12.4 Å². The first kappa shape index (κ1) is 17.8. The van der Waals surface area contributed by atoms with Crippen LogP contribution in [0, 0.1) is 0 Å². The summed E-state index contributed by atoms with van der Waals surface area (Å²) in [6.07, 6.45) is 2.20. The summed E-state index contributed by atoms with van der Waals surface area (Å²) < 4.78 is 0. The molecule has 0 bridgehead atoms. The van der Waals surface area contributed by atoms with Crippen LogP contribution in [-0.2, 0) is 12.0 Å². The SMILES string of the molecule is Cl.NCc1ccc(C(=O)NCC2(c3ccc(Cl)cc3)CC2)cc1. The van der Waals surface area contributed by atoms with Crippen molar-refractivity contribution in [3.63, 3.8) is 0 Å². The van der Waals surface area contributed by atoms with E-state index in [-0.39, 0.29) is 23.7 Å². The van der Waals surface area contributed by atoms with Crippen molar-refractivity contribution >= 4 is 29.9 Å². The van der Waals surface area contributed by atoms with Gasteiger partial charge in [0.25, 0.3) is 5.91 Å². The lowest BCUT2D eigenvalue weighted by Gasteiger charge is -2.17. The Hall–Kier alpha value is -1.55. The van der Waals surface area contributed by atoms with Crippen LogP contribution >= 0.6 is 24.0 Å². The van der Waals surface area contributed by atoms with E-state index in [1.807, 2.05) is 36.4 Å². The molecule has 3 rings (SSSR count). The van der Waals surface area contributed by atoms with Gasteiger partial charge in [-0.25, -0.2) is 0 Å². The molecule has 1 fully saturated rings. The number of carbonyl (C=O) groups is 1. The van der Waals surface area contributed by atoms with Crippen molar-refractivity contribution in [2.45, 2.75) is 24.8 Å². The largest absolute Gasteiger partial charge is 0.351 e. The zero-order valence-electron chi connectivity index (χ0n) is 12.7. The molecule has 0 spiro atoms. The second-order valence-electron chi connectivity index (χ2n) is 5.87. The van der Waals surface area contributed by atoms with E-state index in [1.165, 1.54) is 5.56 Å². The van der Waals surface area contributed by atoms with Gasteiger partial charge >= 0.3 is 0 Å². The van der Waals surface area contributed by atoms with Gasteiger partial charge in [0.1, 0.15) is 0 Å². The number of nitrogens with one attached hydrogen (secondary N) is 1. The van der Waals surface area contributed by atoms with Crippen LogP contribution in [0.25, 0.3) is 0 Å². The number of halogens is 2. The van der Waals surface area contributed by atoms with Gasteiger partial charge in [-0.1, -0.05) is 35.9 Å². The molecule has 0 aromatic heterocycles. The summed E-state index contributed by atoms with van der Waals surface area (Å²) in [6, 6.07) is 15.3. The van der Waals surface area contributed by atoms with Crippen molar-refractivity contribution in [3.05, 3.63) is 70.2 Å². The van der Waals surface area contributed by atoms with E-state index in [0.29, 0.717) is 18.7 Å². The van der Waals surface area contributed by atoms with E-state index < -0.39 is 0 Å². The maximum absolute atomic E-state index is 12.2. The Bertz CT molecular complexity index is 664. The van der Waals surface area contributed by atoms with Gasteiger partial charge in [0.2, 0.25) is 0 Å². The fourth-order valence-corrected chi connectivity index (χ4v) is 2.79. The predicted octanol–water partition coefficient (Wildman–Crippen LogP) is 3.68. The van der Waals surface area contributed by atoms with Gasteiger partial charge in [0, 0.05) is 29.1 Å². The first-order chi connectivity index (χ1) is 10.6. The molecule has 1 aliphatic carbocycles. The summed E-state index contributed by atoms with van der Waals surface area (Å²) in [5.74, 6) is -0.0381. The Kier molecular flexibility index (Phi) is 5.69. The fraction of sp³-hybridized carbons (Fsp3) is 0.278. The summed E-state index contributed by atoms with van der Waals surface area (Å²) in [5, 5.41) is 3.79. The Morgan fingerprint density at radius 2 is 1.70 bits per heavy atom. The first-order valence-electron chi connectivity index (χ1n) is 7.46. The fourth-order valence-electron chi connectivity index (χ4n) is 2.67. The van der Waals surface area contributed by atoms with Crippen LogP contribution in [0.2, 0.25) is 5.02 Å². The molecule has 0 heterocycles. The molecule has 0 unspecified atom stereocenters. The Balaban J connectivity index is 0.00000192. The zero-order valence-corrected chi connectivity index (χ0v) is 14.3. The molecular formula is C18H20Cl2N2O. The minimum absolute atomic E-state index is 0. The van der Waals surface area contributed by atoms with Gasteiger partial charge in [-0.3, -0.25) is 4.79 Å². The standard InChI is InChI=1S/C18H19ClN2O.ClH/c19-16-7-5-15(6-8-16)18(9-10-18)12-21-17(22)14-3-1-13(11-20)2-4-14;/h1-8H,9-12,20H2,(H,21,22);1H. The number of rotatable bonds is 5. The first-order valence-corrected chi connectivity index (χ1v) is 7.84. The molecule has 122 valence electrons. The highest BCUT2D eigenvalue weighted by Crippen LogP contribution is 2.47. The summed E-state index contributed by atoms with van der Waals surface area (Å²) in [4.78, 5) is 12.2. The normalized spacial score (nSPS) is 14.7. The third-order valence-corrected chi connectivity index (χ3v) is 4.60. The van der Waals surface area contributed by atoms with Crippen LogP contribution in [0.3, 0.4) is 0 Å². The molecule has 0 aliphatic heterocycles. The lowest BCUT2D eigenvalue weighted by Crippen LogP contribution is -2.32. The van der Waals surface area contributed by atoms with Crippen LogP contribution in [0.4, 0.5) is 0 Å². The second kappa shape index (κ2) is 7.35. The topological polar surface area (TPSA) is 55.1 Å². The van der Waals surface area contributed by atoms with Crippen molar-refractivity contribution in [1.82, 2.24) is 5.32 Å². The summed E-state index contributed by atoms with van der Waals surface area (Å²) >= 11 is 5.94. The molecule has 0 atom stereocenters. The van der Waals surface area contributed by atoms with Gasteiger partial charge < -0.3 is 11.1 Å². The highest BCUT2D eigenvalue weighted by Gasteiger charge is 2.44. The average molecular weight is 351 g/mol. The molecule has 0 saturated heterocycles. The third-order valence-electron chi connectivity index (χ3n) is 4.35. The van der Waals surface area contributed by atoms with E-state index in [0.717, 1.165) is 23.4 Å². The van der Waals surface area contributed by atoms with Gasteiger partial charge in [-0.2, -0.15) is 0 Å². The number of benzene rings is 2. The van der Waals surface area contributed by atoms with Gasteiger partial charge in [0.15, 0.2) is 0 Å². The zero-order chi connectivity index (χ0) is 15.6. The van der Waals surface area contributed by atoms with Crippen LogP contribution in [0.5, 0.6) is 0 Å². The molecule has 3 nitrogen and oxygen atoms in total. The maximum atomic E-state index is 12.2. The van der Waals surface area contributed by atoms with Crippen molar-refractivity contribution < 1.29 is 4.79 Å². The number of hydrogen-bond acceptors (Lipinski definition) is 2. The molecular weight excluding hydrogens is 331 g/mol. The predicted molar refractivity (Wildman–Crippen MR) is 96.3 cm³/mol. The quantitative estimate of drug-likeness (QED) is 0.863. The minimum Gasteiger partial charge on any atom is -0.351 e. The monoisotopic (exact) mass is 350 g/mol. The third kappa shape index (κ3) is 4.05. The summed E-state index contributed by atoms with van der Waals surface area (Å²) in [7, 11) is 0. The van der Waals surface area contributed by atoms with Crippen molar-refractivity contribution in [1.29, 1.82) is 0 Å². The minimum atomic E-state index is -0.0381. The van der Waals surface area contributed by atoms with Gasteiger partial charge in [0.05, 0.1) is 0 Å². The number of amides is 1. The Morgan fingerprint density at radius 1 is 1.09 bits per heavy atom. The van der Waals surface area contributed by atoms with Crippen LogP contribution in [0.1, 0.15) is 34.3 Å². The highest BCUT2D eigenvalue weighted by molar-refractivity contribution is 6.30. The number of carbonyl (C=O) groups excluding carboxylic acids is 1. The number of hydrogen-bond donors (Lipinski definition) is 2. The maximum Gasteiger partial charge on any atom is 0.251 e. The smallest absolute Gasteiger partial charge is 0.251 e. The van der Waals surface area contributed by atoms with Crippen LogP contribution < -0.4 is 11.1 Å². The molecule has 1 aliphatic rings. The molecule has 0 radical (unpaired) electrons. The van der Waals surface area contributed by atoms with E-state index >= 15 is 0 Å². The van der Waals surface area contributed by atoms with E-state index in [4.69, 9.17) is 17.3 Å². The van der Waals surface area contributed by atoms with E-state index in [2.05, 4.69) is 17.4 Å². The molecule has 1 saturated carbocycles. The average Bonchev–Trinajstić information content (AvgIpc) is 3.34. The lowest BCUT2D eigenvalue weighted by atomic mass is 9.96. The van der Waals surface area contributed by atoms with Crippen LogP contribution in [0.15, 0.2) is 48.5 Å². The number of nitrogens with two attached hydrogens (primary N) is 1. The Morgan fingerprint density at radius 3 is 2.22 bits per heavy atom. The van der Waals surface area contributed by atoms with E-state index in [1.54, 1.807) is 0 Å². The van der Waals surface area contributed by atoms with Crippen molar-refractivity contribution in [2.24, 2.45) is 5.73 Å². The van der Waals surface area contributed by atoms with Gasteiger partial charge in [-0.05, 0) is 48.2 Å².